The summed E-state index contributed by atoms with van der Waals surface area (Å²) in [6.45, 7) is 5.40. The van der Waals surface area contributed by atoms with Crippen LogP contribution in [0.2, 0.25) is 0 Å². The summed E-state index contributed by atoms with van der Waals surface area (Å²) in [5.74, 6) is -0.511. The Morgan fingerprint density at radius 1 is 1.20 bits per heavy atom. The van der Waals surface area contributed by atoms with Crippen molar-refractivity contribution in [3.05, 3.63) is 94.7 Å². The highest BCUT2D eigenvalue weighted by molar-refractivity contribution is 7.98. The minimum atomic E-state index is -0.708. The van der Waals surface area contributed by atoms with Gasteiger partial charge in [0.1, 0.15) is 0 Å². The minimum absolute atomic E-state index is 0.0352. The summed E-state index contributed by atoms with van der Waals surface area (Å²) in [6.07, 6.45) is 6.95. The molecule has 1 saturated heterocycles. The van der Waals surface area contributed by atoms with Gasteiger partial charge in [0.2, 0.25) is 0 Å². The second kappa shape index (κ2) is 11.8. The quantitative estimate of drug-likeness (QED) is 0.177. The van der Waals surface area contributed by atoms with E-state index in [1.807, 2.05) is 30.5 Å². The molecule has 11 heteroatoms. The number of hydrogen-bond acceptors (Lipinski definition) is 9. The third-order valence-corrected chi connectivity index (χ3v) is 8.88. The molecule has 3 aromatic rings. The van der Waals surface area contributed by atoms with Crippen LogP contribution in [0, 0.1) is 10.1 Å². The molecule has 40 heavy (non-hydrogen) atoms. The number of thioether (sulfide) groups is 1. The van der Waals surface area contributed by atoms with Crippen LogP contribution in [0.5, 0.6) is 0 Å². The van der Waals surface area contributed by atoms with Crippen LogP contribution in [0.1, 0.15) is 50.3 Å². The van der Waals surface area contributed by atoms with E-state index in [1.165, 1.54) is 23.5 Å². The van der Waals surface area contributed by atoms with Crippen LogP contribution in [-0.2, 0) is 9.53 Å². The number of non-ortho nitro benzene ring substituents is 1. The van der Waals surface area contributed by atoms with E-state index in [9.17, 15) is 19.7 Å². The number of fused-ring (bicyclic) bond motifs is 1. The summed E-state index contributed by atoms with van der Waals surface area (Å²) in [5, 5.41) is 11.6. The summed E-state index contributed by atoms with van der Waals surface area (Å²) in [4.78, 5) is 46.7. The summed E-state index contributed by atoms with van der Waals surface area (Å²) < 4.78 is 7.31. The molecule has 0 radical (unpaired) electrons. The fourth-order valence-electron chi connectivity index (χ4n) is 5.23. The average molecular weight is 579 g/mol. The van der Waals surface area contributed by atoms with Crippen LogP contribution >= 0.6 is 23.1 Å². The van der Waals surface area contributed by atoms with Crippen LogP contribution in [0.25, 0.3) is 6.08 Å². The van der Waals surface area contributed by atoms with Crippen molar-refractivity contribution in [2.24, 2.45) is 4.99 Å². The molecule has 0 saturated carbocycles. The number of rotatable bonds is 7. The molecule has 0 spiro atoms. The average Bonchev–Trinajstić information content (AvgIpc) is 3.26. The second-order valence-corrected chi connectivity index (χ2v) is 11.5. The fraction of sp³-hybridized carbons (Fsp3) is 0.345. The number of anilines is 1. The van der Waals surface area contributed by atoms with Gasteiger partial charge in [0, 0.05) is 41.4 Å². The minimum Gasteiger partial charge on any atom is -0.463 e. The Morgan fingerprint density at radius 3 is 2.58 bits per heavy atom. The van der Waals surface area contributed by atoms with E-state index in [0.717, 1.165) is 48.5 Å². The molecular weight excluding hydrogens is 548 g/mol. The Morgan fingerprint density at radius 2 is 1.93 bits per heavy atom. The largest absolute Gasteiger partial charge is 0.463 e. The van der Waals surface area contributed by atoms with E-state index < -0.39 is 16.9 Å². The molecule has 1 atom stereocenters. The standard InChI is InChI=1S/C29H30N4O5S2/c1-4-38-28(35)25-18(2)30-29-32(26(25)19-8-11-22(39-3)12-9-19)27(34)24(40-29)17-20-16-21(33(36)37)10-13-23(20)31-14-6-5-7-15-31/h8-13,16-17,26H,4-7,14-15H2,1-3H3/b24-17+. The van der Waals surface area contributed by atoms with Gasteiger partial charge in [-0.05, 0) is 69.2 Å². The maximum absolute atomic E-state index is 14.0. The van der Waals surface area contributed by atoms with Crippen LogP contribution in [-0.4, -0.2) is 41.4 Å². The van der Waals surface area contributed by atoms with E-state index in [4.69, 9.17) is 4.74 Å². The van der Waals surface area contributed by atoms with Crippen molar-refractivity contribution >= 4 is 46.5 Å². The maximum Gasteiger partial charge on any atom is 0.338 e. The third kappa shape index (κ3) is 5.35. The van der Waals surface area contributed by atoms with Crippen LogP contribution < -0.4 is 19.8 Å². The van der Waals surface area contributed by atoms with Gasteiger partial charge in [0.15, 0.2) is 4.80 Å². The van der Waals surface area contributed by atoms with Gasteiger partial charge in [-0.3, -0.25) is 19.5 Å². The number of ether oxygens (including phenoxy) is 1. The number of hydrogen-bond donors (Lipinski definition) is 0. The van der Waals surface area contributed by atoms with Crippen molar-refractivity contribution in [2.45, 2.75) is 44.0 Å². The molecule has 5 rings (SSSR count). The summed E-state index contributed by atoms with van der Waals surface area (Å²) in [6, 6.07) is 11.9. The molecule has 3 heterocycles. The normalized spacial score (nSPS) is 17.4. The van der Waals surface area contributed by atoms with Crippen molar-refractivity contribution in [1.29, 1.82) is 0 Å². The Balaban J connectivity index is 1.70. The summed E-state index contributed by atoms with van der Waals surface area (Å²) in [7, 11) is 0. The monoisotopic (exact) mass is 578 g/mol. The molecule has 208 valence electrons. The third-order valence-electron chi connectivity index (χ3n) is 7.15. The SMILES string of the molecule is CCOC(=O)C1=C(C)N=c2s/c(=C/c3cc([N+](=O)[O-])ccc3N3CCCCC3)c(=O)n2C1c1ccc(SC)cc1. The Labute approximate surface area is 239 Å². The number of allylic oxidation sites excluding steroid dienone is 1. The molecule has 9 nitrogen and oxygen atoms in total. The molecule has 1 fully saturated rings. The molecule has 2 aromatic carbocycles. The van der Waals surface area contributed by atoms with Crippen molar-refractivity contribution in [1.82, 2.24) is 4.57 Å². The van der Waals surface area contributed by atoms with Gasteiger partial charge in [-0.2, -0.15) is 0 Å². The Bertz CT molecular complexity index is 1670. The Kier molecular flexibility index (Phi) is 8.22. The zero-order chi connectivity index (χ0) is 28.4. The molecule has 0 aliphatic carbocycles. The van der Waals surface area contributed by atoms with Gasteiger partial charge >= 0.3 is 5.97 Å². The Hall–Kier alpha value is -3.70. The first-order valence-corrected chi connectivity index (χ1v) is 15.2. The predicted molar refractivity (Wildman–Crippen MR) is 158 cm³/mol. The highest BCUT2D eigenvalue weighted by atomic mass is 32.2. The molecule has 0 amide bonds. The second-order valence-electron chi connectivity index (χ2n) is 9.62. The van der Waals surface area contributed by atoms with Crippen LogP contribution in [0.4, 0.5) is 11.4 Å². The van der Waals surface area contributed by atoms with Gasteiger partial charge in [-0.1, -0.05) is 23.5 Å². The lowest BCUT2D eigenvalue weighted by Gasteiger charge is -2.30. The first-order valence-electron chi connectivity index (χ1n) is 13.2. The number of carbonyl (C=O) groups is 1. The first-order chi connectivity index (χ1) is 19.3. The first kappa shape index (κ1) is 27.9. The van der Waals surface area contributed by atoms with Gasteiger partial charge in [-0.25, -0.2) is 9.79 Å². The van der Waals surface area contributed by atoms with E-state index in [-0.39, 0.29) is 17.9 Å². The lowest BCUT2D eigenvalue weighted by Crippen LogP contribution is -2.40. The summed E-state index contributed by atoms with van der Waals surface area (Å²) >= 11 is 2.82. The smallest absolute Gasteiger partial charge is 0.338 e. The number of nitrogens with zero attached hydrogens (tertiary/aromatic N) is 4. The lowest BCUT2D eigenvalue weighted by atomic mass is 9.96. The highest BCUT2D eigenvalue weighted by Crippen LogP contribution is 2.32. The van der Waals surface area contributed by atoms with Gasteiger partial charge in [0.05, 0.1) is 33.4 Å². The van der Waals surface area contributed by atoms with Crippen molar-refractivity contribution in [3.63, 3.8) is 0 Å². The molecule has 1 aromatic heterocycles. The number of piperidine rings is 1. The molecule has 0 N–H and O–H groups in total. The number of nitro benzene ring substituents is 1. The van der Waals surface area contributed by atoms with E-state index in [2.05, 4.69) is 9.89 Å². The molecule has 2 aliphatic heterocycles. The van der Waals surface area contributed by atoms with Gasteiger partial charge in [0.25, 0.3) is 11.2 Å². The summed E-state index contributed by atoms with van der Waals surface area (Å²) in [5.41, 5.74) is 2.72. The molecule has 0 bridgehead atoms. The topological polar surface area (TPSA) is 107 Å². The van der Waals surface area contributed by atoms with E-state index in [0.29, 0.717) is 26.2 Å². The van der Waals surface area contributed by atoms with Crippen molar-refractivity contribution in [3.8, 4) is 0 Å². The van der Waals surface area contributed by atoms with Gasteiger partial charge in [-0.15, -0.1) is 11.8 Å². The molecule has 1 unspecified atom stereocenters. The van der Waals surface area contributed by atoms with E-state index >= 15 is 0 Å². The number of esters is 1. The predicted octanol–water partition coefficient (Wildman–Crippen LogP) is 4.42. The zero-order valence-corrected chi connectivity index (χ0v) is 24.2. The molecule has 2 aliphatic rings. The zero-order valence-electron chi connectivity index (χ0n) is 22.6. The number of aromatic nitrogens is 1. The van der Waals surface area contributed by atoms with Crippen molar-refractivity contribution < 1.29 is 14.5 Å². The number of thiazole rings is 1. The number of benzene rings is 2. The van der Waals surface area contributed by atoms with E-state index in [1.54, 1.807) is 42.3 Å². The molecular formula is C29H30N4O5S2. The highest BCUT2D eigenvalue weighted by Gasteiger charge is 2.33. The van der Waals surface area contributed by atoms with Crippen LogP contribution in [0.15, 0.2) is 68.4 Å². The van der Waals surface area contributed by atoms with Crippen molar-refractivity contribution in [2.75, 3.05) is 30.9 Å². The maximum atomic E-state index is 14.0. The fourth-order valence-corrected chi connectivity index (χ4v) is 6.67. The van der Waals surface area contributed by atoms with Crippen LogP contribution in [0.3, 0.4) is 0 Å². The lowest BCUT2D eigenvalue weighted by molar-refractivity contribution is -0.384. The number of carbonyl (C=O) groups excluding carboxylic acids is 1. The number of nitro groups is 1. The van der Waals surface area contributed by atoms with Gasteiger partial charge < -0.3 is 9.64 Å².